The molecule has 0 aromatic heterocycles. The van der Waals surface area contributed by atoms with E-state index in [0.29, 0.717) is 0 Å². The van der Waals surface area contributed by atoms with E-state index in [1.54, 1.807) is 0 Å². The van der Waals surface area contributed by atoms with Crippen molar-refractivity contribution in [2.75, 3.05) is 6.16 Å². The second-order valence-corrected chi connectivity index (χ2v) is 6.70. The lowest BCUT2D eigenvalue weighted by Crippen LogP contribution is -2.00. The molecule has 0 bridgehead atoms. The van der Waals surface area contributed by atoms with Gasteiger partial charge in [0.2, 0.25) is 0 Å². The molecule has 0 aliphatic carbocycles. The zero-order valence-electron chi connectivity index (χ0n) is 13.4. The van der Waals surface area contributed by atoms with E-state index in [2.05, 4.69) is 45.0 Å². The van der Waals surface area contributed by atoms with Crippen LogP contribution in [-0.4, -0.2) is 6.16 Å². The van der Waals surface area contributed by atoms with Crippen molar-refractivity contribution < 1.29 is 9.05 Å². The summed E-state index contributed by atoms with van der Waals surface area (Å²) < 4.78 is 12.1. The molecule has 0 spiro atoms. The van der Waals surface area contributed by atoms with Gasteiger partial charge in [-0.25, -0.2) is 0 Å². The quantitative estimate of drug-likeness (QED) is 0.552. The third-order valence-electron chi connectivity index (χ3n) is 3.15. The fourth-order valence-electron chi connectivity index (χ4n) is 1.83. The maximum atomic E-state index is 6.05. The van der Waals surface area contributed by atoms with Crippen molar-refractivity contribution in [2.24, 2.45) is 0 Å². The Balaban J connectivity index is 0.00000242. The van der Waals surface area contributed by atoms with Crippen LogP contribution in [0.2, 0.25) is 0 Å². The van der Waals surface area contributed by atoms with Crippen LogP contribution < -0.4 is 9.05 Å². The van der Waals surface area contributed by atoms with Gasteiger partial charge in [0.1, 0.15) is 11.5 Å². The highest BCUT2D eigenvalue weighted by Crippen LogP contribution is 2.41. The molecule has 2 aromatic rings. The summed E-state index contributed by atoms with van der Waals surface area (Å²) in [6, 6.07) is 16.3. The first-order valence-corrected chi connectivity index (χ1v) is 8.80. The second-order valence-electron chi connectivity index (χ2n) is 5.22. The van der Waals surface area contributed by atoms with Crippen LogP contribution in [0, 0.1) is 13.8 Å². The number of hydrogen-bond acceptors (Lipinski definition) is 2. The predicted octanol–water partition coefficient (Wildman–Crippen LogP) is 6.30. The summed E-state index contributed by atoms with van der Waals surface area (Å²) in [6.07, 6.45) is 3.21. The standard InChI is InChI=1S/C18H23O2P.ClH/c1-4-5-14-21(19-17-10-6-15(2)7-11-17)20-18-12-8-16(3)9-13-18;/h6-13H,4-5,14H2,1-3H3;1H. The van der Waals surface area contributed by atoms with Gasteiger partial charge in [0.15, 0.2) is 0 Å². The molecule has 120 valence electrons. The van der Waals surface area contributed by atoms with E-state index in [1.807, 2.05) is 24.3 Å². The van der Waals surface area contributed by atoms with Crippen LogP contribution in [-0.2, 0) is 0 Å². The average molecular weight is 339 g/mol. The molecule has 22 heavy (non-hydrogen) atoms. The molecule has 4 heteroatoms. The van der Waals surface area contributed by atoms with E-state index < -0.39 is 8.38 Å². The van der Waals surface area contributed by atoms with Crippen LogP contribution in [0.3, 0.4) is 0 Å². The molecule has 0 saturated carbocycles. The Kier molecular flexibility index (Phi) is 8.30. The smallest absolute Gasteiger partial charge is 0.290 e. The largest absolute Gasteiger partial charge is 0.439 e. The summed E-state index contributed by atoms with van der Waals surface area (Å²) in [4.78, 5) is 0. The Bertz CT molecular complexity index is 493. The van der Waals surface area contributed by atoms with E-state index in [0.717, 1.165) is 30.5 Å². The Labute approximate surface area is 141 Å². The van der Waals surface area contributed by atoms with Crippen LogP contribution in [0.4, 0.5) is 0 Å². The Hall–Kier alpha value is -1.24. The van der Waals surface area contributed by atoms with Crippen LogP contribution in [0.1, 0.15) is 30.9 Å². The summed E-state index contributed by atoms with van der Waals surface area (Å²) in [7, 11) is -0.938. The molecule has 0 unspecified atom stereocenters. The summed E-state index contributed by atoms with van der Waals surface area (Å²) in [5.74, 6) is 1.77. The van der Waals surface area contributed by atoms with Gasteiger partial charge in [-0.15, -0.1) is 12.4 Å². The molecule has 2 nitrogen and oxygen atoms in total. The van der Waals surface area contributed by atoms with Gasteiger partial charge in [-0.1, -0.05) is 48.7 Å². The van der Waals surface area contributed by atoms with E-state index in [1.165, 1.54) is 11.1 Å². The van der Waals surface area contributed by atoms with Crippen molar-refractivity contribution in [3.63, 3.8) is 0 Å². The summed E-state index contributed by atoms with van der Waals surface area (Å²) in [5, 5.41) is 0. The van der Waals surface area contributed by atoms with Crippen molar-refractivity contribution >= 4 is 20.8 Å². The van der Waals surface area contributed by atoms with Gasteiger partial charge >= 0.3 is 0 Å². The Morgan fingerprint density at radius 3 is 1.55 bits per heavy atom. The third kappa shape index (κ3) is 6.25. The van der Waals surface area contributed by atoms with Crippen molar-refractivity contribution in [3.05, 3.63) is 59.7 Å². The number of unbranched alkanes of at least 4 members (excludes halogenated alkanes) is 1. The molecule has 0 amide bonds. The first kappa shape index (κ1) is 18.8. The second kappa shape index (κ2) is 9.71. The zero-order valence-corrected chi connectivity index (χ0v) is 15.1. The molecule has 0 fully saturated rings. The molecule has 2 aromatic carbocycles. The highest BCUT2D eigenvalue weighted by Gasteiger charge is 2.14. The summed E-state index contributed by atoms with van der Waals surface area (Å²) in [5.41, 5.74) is 2.47. The van der Waals surface area contributed by atoms with Crippen LogP contribution in [0.5, 0.6) is 11.5 Å². The lowest BCUT2D eigenvalue weighted by molar-refractivity contribution is 0.486. The normalized spacial score (nSPS) is 10.2. The van der Waals surface area contributed by atoms with Crippen LogP contribution >= 0.6 is 20.8 Å². The van der Waals surface area contributed by atoms with Gasteiger partial charge < -0.3 is 9.05 Å². The van der Waals surface area contributed by atoms with Gasteiger partial charge in [-0.05, 0) is 44.5 Å². The maximum Gasteiger partial charge on any atom is 0.290 e. The number of benzene rings is 2. The summed E-state index contributed by atoms with van der Waals surface area (Å²) >= 11 is 0. The minimum absolute atomic E-state index is 0. The van der Waals surface area contributed by atoms with E-state index in [4.69, 9.17) is 9.05 Å². The van der Waals surface area contributed by atoms with Gasteiger partial charge in [0, 0.05) is 6.16 Å². The van der Waals surface area contributed by atoms with E-state index in [-0.39, 0.29) is 12.4 Å². The van der Waals surface area contributed by atoms with Crippen LogP contribution in [0.15, 0.2) is 48.5 Å². The topological polar surface area (TPSA) is 18.5 Å². The predicted molar refractivity (Wildman–Crippen MR) is 97.6 cm³/mol. The first-order valence-electron chi connectivity index (χ1n) is 7.44. The maximum absolute atomic E-state index is 6.05. The first-order chi connectivity index (χ1) is 10.2. The molecule has 0 atom stereocenters. The highest BCUT2D eigenvalue weighted by molar-refractivity contribution is 7.48. The Morgan fingerprint density at radius 2 is 1.18 bits per heavy atom. The minimum Gasteiger partial charge on any atom is -0.439 e. The molecular formula is C18H24ClO2P. The van der Waals surface area contributed by atoms with Crippen molar-refractivity contribution in [1.82, 2.24) is 0 Å². The monoisotopic (exact) mass is 338 g/mol. The molecule has 0 heterocycles. The van der Waals surface area contributed by atoms with Gasteiger partial charge in [-0.2, -0.15) is 0 Å². The molecule has 0 N–H and O–H groups in total. The molecule has 2 rings (SSSR count). The molecular weight excluding hydrogens is 315 g/mol. The van der Waals surface area contributed by atoms with E-state index >= 15 is 0 Å². The lowest BCUT2D eigenvalue weighted by Gasteiger charge is -2.18. The third-order valence-corrected chi connectivity index (χ3v) is 4.66. The molecule has 0 radical (unpaired) electrons. The summed E-state index contributed by atoms with van der Waals surface area (Å²) in [6.45, 7) is 6.34. The van der Waals surface area contributed by atoms with Gasteiger partial charge in [-0.3, -0.25) is 0 Å². The molecule has 0 aliphatic heterocycles. The van der Waals surface area contributed by atoms with Gasteiger partial charge in [0.25, 0.3) is 8.38 Å². The fourth-order valence-corrected chi connectivity index (χ4v) is 3.34. The van der Waals surface area contributed by atoms with Crippen molar-refractivity contribution in [3.8, 4) is 11.5 Å². The minimum atomic E-state index is -0.938. The molecule has 0 saturated heterocycles. The highest BCUT2D eigenvalue weighted by atomic mass is 35.5. The number of rotatable bonds is 7. The number of hydrogen-bond donors (Lipinski definition) is 0. The SMILES string of the molecule is CCCCP(Oc1ccc(C)cc1)Oc1ccc(C)cc1.Cl. The number of halogens is 1. The fraction of sp³-hybridized carbons (Fsp3) is 0.333. The zero-order chi connectivity index (χ0) is 15.1. The van der Waals surface area contributed by atoms with Gasteiger partial charge in [0.05, 0.1) is 0 Å². The average Bonchev–Trinajstić information content (AvgIpc) is 2.49. The van der Waals surface area contributed by atoms with Crippen LogP contribution in [0.25, 0.3) is 0 Å². The molecule has 0 aliphatic rings. The van der Waals surface area contributed by atoms with Crippen molar-refractivity contribution in [2.45, 2.75) is 33.6 Å². The van der Waals surface area contributed by atoms with Crippen molar-refractivity contribution in [1.29, 1.82) is 0 Å². The lowest BCUT2D eigenvalue weighted by atomic mass is 10.2. The Morgan fingerprint density at radius 1 is 0.773 bits per heavy atom. The number of aryl methyl sites for hydroxylation is 2. The van der Waals surface area contributed by atoms with E-state index in [9.17, 15) is 0 Å².